The molecule has 1 atom stereocenters. The Bertz CT molecular complexity index is 156. The topological polar surface area (TPSA) is 0 Å². The largest absolute Gasteiger partial charge is 0.212 e. The highest BCUT2D eigenvalue weighted by Crippen LogP contribution is 2.51. The van der Waals surface area contributed by atoms with Crippen molar-refractivity contribution in [3.8, 4) is 0 Å². The predicted octanol–water partition coefficient (Wildman–Crippen LogP) is 3.11. The van der Waals surface area contributed by atoms with E-state index in [-0.39, 0.29) is 11.2 Å². The zero-order valence-electron chi connectivity index (χ0n) is 6.82. The molecule has 0 bridgehead atoms. The summed E-state index contributed by atoms with van der Waals surface area (Å²) in [5.41, 5.74) is 0.256. The zero-order chi connectivity index (χ0) is 7.78. The molecule has 1 fully saturated rings. The van der Waals surface area contributed by atoms with Gasteiger partial charge in [-0.2, -0.15) is 0 Å². The van der Waals surface area contributed by atoms with E-state index in [9.17, 15) is 4.39 Å². The van der Waals surface area contributed by atoms with Crippen LogP contribution < -0.4 is 0 Å². The van der Waals surface area contributed by atoms with Crippen LogP contribution in [0.1, 0.15) is 27.2 Å². The molecule has 57 valence electrons. The number of halogens is 1. The molecule has 1 heteroatoms. The fraction of sp³-hybridized carbons (Fsp3) is 0.667. The number of hydrogen-bond donors (Lipinski definition) is 0. The molecule has 0 heterocycles. The maximum absolute atomic E-state index is 12.6. The van der Waals surface area contributed by atoms with Crippen LogP contribution in [0.5, 0.6) is 0 Å². The Kier molecular flexibility index (Phi) is 1.84. The van der Waals surface area contributed by atoms with E-state index in [1.165, 1.54) is 0 Å². The Labute approximate surface area is 62.1 Å². The van der Waals surface area contributed by atoms with Gasteiger partial charge in [0.05, 0.1) is 5.83 Å². The fourth-order valence-corrected chi connectivity index (χ4v) is 0.990. The SMILES string of the molecule is CC/C(F)=C\C1[CH]C1(C)C. The van der Waals surface area contributed by atoms with E-state index >= 15 is 0 Å². The lowest BCUT2D eigenvalue weighted by Crippen LogP contribution is -1.86. The molecular weight excluding hydrogens is 127 g/mol. The van der Waals surface area contributed by atoms with Crippen molar-refractivity contribution in [2.45, 2.75) is 27.2 Å². The van der Waals surface area contributed by atoms with E-state index in [4.69, 9.17) is 0 Å². The van der Waals surface area contributed by atoms with Gasteiger partial charge >= 0.3 is 0 Å². The van der Waals surface area contributed by atoms with Crippen molar-refractivity contribution < 1.29 is 4.39 Å². The molecule has 0 N–H and O–H groups in total. The standard InChI is InChI=1S/C9H14F/c1-4-8(10)5-7-6-9(7,2)3/h5-7H,4H2,1-3H3/b8-5+. The minimum Gasteiger partial charge on any atom is -0.212 e. The summed E-state index contributed by atoms with van der Waals surface area (Å²) >= 11 is 0. The van der Waals surface area contributed by atoms with Gasteiger partial charge in [0.2, 0.25) is 0 Å². The molecule has 0 aromatic heterocycles. The molecule has 1 unspecified atom stereocenters. The van der Waals surface area contributed by atoms with Crippen molar-refractivity contribution in [1.29, 1.82) is 0 Å². The van der Waals surface area contributed by atoms with E-state index in [0.717, 1.165) is 0 Å². The van der Waals surface area contributed by atoms with Crippen LogP contribution in [0.4, 0.5) is 4.39 Å². The summed E-state index contributed by atoms with van der Waals surface area (Å²) in [6.07, 6.45) is 4.41. The Morgan fingerprint density at radius 1 is 1.70 bits per heavy atom. The van der Waals surface area contributed by atoms with Crippen LogP contribution in [0.25, 0.3) is 0 Å². The minimum atomic E-state index is 0.0202. The molecule has 0 saturated heterocycles. The summed E-state index contributed by atoms with van der Waals surface area (Å²) < 4.78 is 12.6. The Hall–Kier alpha value is -0.330. The second kappa shape index (κ2) is 2.37. The van der Waals surface area contributed by atoms with Crippen molar-refractivity contribution in [3.63, 3.8) is 0 Å². The Balaban J connectivity index is 2.42. The Morgan fingerprint density at radius 3 is 2.50 bits per heavy atom. The molecule has 1 saturated carbocycles. The summed E-state index contributed by atoms with van der Waals surface area (Å²) in [6.45, 7) is 6.08. The van der Waals surface area contributed by atoms with Crippen LogP contribution in [0, 0.1) is 17.8 Å². The summed E-state index contributed by atoms with van der Waals surface area (Å²) in [6, 6.07) is 0. The van der Waals surface area contributed by atoms with Crippen LogP contribution in [0.15, 0.2) is 11.9 Å². The van der Waals surface area contributed by atoms with Crippen molar-refractivity contribution in [3.05, 3.63) is 18.3 Å². The van der Waals surface area contributed by atoms with Crippen molar-refractivity contribution in [2.24, 2.45) is 11.3 Å². The minimum absolute atomic E-state index is 0.0202. The molecule has 0 aliphatic heterocycles. The molecule has 0 aromatic rings. The maximum Gasteiger partial charge on any atom is 0.0960 e. The van der Waals surface area contributed by atoms with Gasteiger partial charge in [0.15, 0.2) is 0 Å². The average molecular weight is 141 g/mol. The second-order valence-electron chi connectivity index (χ2n) is 3.48. The highest BCUT2D eigenvalue weighted by atomic mass is 19.1. The maximum atomic E-state index is 12.6. The second-order valence-corrected chi connectivity index (χ2v) is 3.48. The number of hydrogen-bond acceptors (Lipinski definition) is 0. The van der Waals surface area contributed by atoms with Gasteiger partial charge < -0.3 is 0 Å². The van der Waals surface area contributed by atoms with Gasteiger partial charge in [0.1, 0.15) is 0 Å². The molecular formula is C9H14F. The first-order chi connectivity index (χ1) is 4.56. The van der Waals surface area contributed by atoms with Crippen LogP contribution in [-0.4, -0.2) is 0 Å². The molecule has 1 aliphatic rings. The number of allylic oxidation sites excluding steroid dienone is 2. The highest BCUT2D eigenvalue weighted by Gasteiger charge is 2.44. The van der Waals surface area contributed by atoms with Gasteiger partial charge in [-0.05, 0) is 30.3 Å². The van der Waals surface area contributed by atoms with Crippen molar-refractivity contribution in [2.75, 3.05) is 0 Å². The molecule has 0 aromatic carbocycles. The quantitative estimate of drug-likeness (QED) is 0.554. The smallest absolute Gasteiger partial charge is 0.0960 e. The summed E-state index contributed by atoms with van der Waals surface area (Å²) in [5.74, 6) is 0.402. The third-order valence-electron chi connectivity index (χ3n) is 2.06. The predicted molar refractivity (Wildman–Crippen MR) is 41.1 cm³/mol. The van der Waals surface area contributed by atoms with Crippen molar-refractivity contribution >= 4 is 0 Å². The van der Waals surface area contributed by atoms with E-state index in [2.05, 4.69) is 20.3 Å². The van der Waals surface area contributed by atoms with Crippen LogP contribution in [0.2, 0.25) is 0 Å². The molecule has 1 aliphatic carbocycles. The number of rotatable bonds is 2. The highest BCUT2D eigenvalue weighted by molar-refractivity contribution is 5.22. The molecule has 0 spiro atoms. The first kappa shape index (κ1) is 7.77. The normalized spacial score (nSPS) is 30.4. The molecule has 0 amide bonds. The molecule has 1 radical (unpaired) electrons. The molecule has 1 rings (SSSR count). The van der Waals surface area contributed by atoms with E-state index in [0.29, 0.717) is 12.3 Å². The average Bonchev–Trinajstić information content (AvgIpc) is 2.40. The summed E-state index contributed by atoms with van der Waals surface area (Å²) in [5, 5.41) is 0. The van der Waals surface area contributed by atoms with Gasteiger partial charge in [0.25, 0.3) is 0 Å². The summed E-state index contributed by atoms with van der Waals surface area (Å²) in [7, 11) is 0. The van der Waals surface area contributed by atoms with Gasteiger partial charge in [-0.3, -0.25) is 0 Å². The van der Waals surface area contributed by atoms with Gasteiger partial charge in [0, 0.05) is 0 Å². The summed E-state index contributed by atoms with van der Waals surface area (Å²) in [4.78, 5) is 0. The van der Waals surface area contributed by atoms with Crippen molar-refractivity contribution in [1.82, 2.24) is 0 Å². The molecule has 0 nitrogen and oxygen atoms in total. The van der Waals surface area contributed by atoms with Crippen LogP contribution in [0.3, 0.4) is 0 Å². The first-order valence-electron chi connectivity index (χ1n) is 3.78. The monoisotopic (exact) mass is 141 g/mol. The lowest BCUT2D eigenvalue weighted by atomic mass is 10.1. The van der Waals surface area contributed by atoms with Gasteiger partial charge in [-0.15, -0.1) is 0 Å². The van der Waals surface area contributed by atoms with Gasteiger partial charge in [-0.1, -0.05) is 20.8 Å². The van der Waals surface area contributed by atoms with E-state index < -0.39 is 0 Å². The lowest BCUT2D eigenvalue weighted by molar-refractivity contribution is 0.571. The van der Waals surface area contributed by atoms with Crippen LogP contribution in [-0.2, 0) is 0 Å². The van der Waals surface area contributed by atoms with E-state index in [1.807, 2.05) is 6.92 Å². The van der Waals surface area contributed by atoms with Crippen LogP contribution >= 0.6 is 0 Å². The lowest BCUT2D eigenvalue weighted by Gasteiger charge is -1.96. The molecule has 10 heavy (non-hydrogen) atoms. The Morgan fingerprint density at radius 2 is 2.20 bits per heavy atom. The third-order valence-corrected chi connectivity index (χ3v) is 2.06. The van der Waals surface area contributed by atoms with Gasteiger partial charge in [-0.25, -0.2) is 4.39 Å². The van der Waals surface area contributed by atoms with E-state index in [1.54, 1.807) is 6.08 Å². The third kappa shape index (κ3) is 1.59. The zero-order valence-corrected chi connectivity index (χ0v) is 6.82. The first-order valence-corrected chi connectivity index (χ1v) is 3.78. The fourth-order valence-electron chi connectivity index (χ4n) is 0.990.